The lowest BCUT2D eigenvalue weighted by molar-refractivity contribution is -0.114. The van der Waals surface area contributed by atoms with E-state index in [1.54, 1.807) is 0 Å². The van der Waals surface area contributed by atoms with E-state index in [0.29, 0.717) is 0 Å². The molecule has 0 radical (unpaired) electrons. The summed E-state index contributed by atoms with van der Waals surface area (Å²) in [5.74, 6) is -0.0116. The number of rotatable bonds is 1. The number of amides is 1. The Bertz CT molecular complexity index is 384. The SMILES string of the molecule is C=CC(=O)N1c2ccccc2C[C@H]1C. The monoisotopic (exact) mass is 187 g/mol. The summed E-state index contributed by atoms with van der Waals surface area (Å²) in [6.07, 6.45) is 2.31. The Hall–Kier alpha value is -1.57. The maximum atomic E-state index is 11.6. The van der Waals surface area contributed by atoms with Crippen molar-refractivity contribution in [3.63, 3.8) is 0 Å². The molecule has 0 N–H and O–H groups in total. The fourth-order valence-corrected chi connectivity index (χ4v) is 2.00. The quantitative estimate of drug-likeness (QED) is 0.617. The Morgan fingerprint density at radius 2 is 2.29 bits per heavy atom. The Balaban J connectivity index is 2.44. The van der Waals surface area contributed by atoms with Gasteiger partial charge in [-0.05, 0) is 31.1 Å². The van der Waals surface area contributed by atoms with E-state index >= 15 is 0 Å². The van der Waals surface area contributed by atoms with E-state index in [1.165, 1.54) is 11.6 Å². The third-order valence-electron chi connectivity index (χ3n) is 2.62. The number of anilines is 1. The van der Waals surface area contributed by atoms with Crippen LogP contribution >= 0.6 is 0 Å². The van der Waals surface area contributed by atoms with E-state index < -0.39 is 0 Å². The zero-order valence-corrected chi connectivity index (χ0v) is 8.23. The van der Waals surface area contributed by atoms with Crippen LogP contribution in [0.2, 0.25) is 0 Å². The summed E-state index contributed by atoms with van der Waals surface area (Å²) in [5.41, 5.74) is 2.28. The van der Waals surface area contributed by atoms with Crippen molar-refractivity contribution in [2.75, 3.05) is 4.90 Å². The number of carbonyl (C=O) groups is 1. The van der Waals surface area contributed by atoms with Gasteiger partial charge in [-0.3, -0.25) is 4.79 Å². The Labute approximate surface area is 83.8 Å². The van der Waals surface area contributed by atoms with Crippen LogP contribution in [0.1, 0.15) is 12.5 Å². The number of hydrogen-bond acceptors (Lipinski definition) is 1. The molecule has 2 nitrogen and oxygen atoms in total. The molecule has 1 aromatic rings. The molecule has 1 atom stereocenters. The van der Waals surface area contributed by atoms with Gasteiger partial charge in [0.25, 0.3) is 5.91 Å². The summed E-state index contributed by atoms with van der Waals surface area (Å²) in [7, 11) is 0. The highest BCUT2D eigenvalue weighted by Gasteiger charge is 2.28. The standard InChI is InChI=1S/C12H13NO/c1-3-12(14)13-9(2)8-10-6-4-5-7-11(10)13/h3-7,9H,1,8H2,2H3/t9-/m1/s1. The van der Waals surface area contributed by atoms with E-state index in [-0.39, 0.29) is 11.9 Å². The number of carbonyl (C=O) groups excluding carboxylic acids is 1. The summed E-state index contributed by atoms with van der Waals surface area (Å²) in [6.45, 7) is 5.58. The van der Waals surface area contributed by atoms with Crippen LogP contribution in [-0.4, -0.2) is 11.9 Å². The first-order valence-electron chi connectivity index (χ1n) is 4.77. The summed E-state index contributed by atoms with van der Waals surface area (Å²) >= 11 is 0. The minimum atomic E-state index is -0.0116. The van der Waals surface area contributed by atoms with Gasteiger partial charge >= 0.3 is 0 Å². The predicted octanol–water partition coefficient (Wildman–Crippen LogP) is 2.15. The van der Waals surface area contributed by atoms with Crippen molar-refractivity contribution < 1.29 is 4.79 Å². The first kappa shape index (κ1) is 9.00. The van der Waals surface area contributed by atoms with Gasteiger partial charge in [-0.2, -0.15) is 0 Å². The molecule has 0 aromatic heterocycles. The molecule has 14 heavy (non-hydrogen) atoms. The largest absolute Gasteiger partial charge is 0.306 e. The maximum Gasteiger partial charge on any atom is 0.250 e. The molecule has 0 bridgehead atoms. The average Bonchev–Trinajstić information content (AvgIpc) is 2.53. The summed E-state index contributed by atoms with van der Waals surface area (Å²) < 4.78 is 0. The summed E-state index contributed by atoms with van der Waals surface area (Å²) in [5, 5.41) is 0. The van der Waals surface area contributed by atoms with Crippen LogP contribution in [0, 0.1) is 0 Å². The zero-order chi connectivity index (χ0) is 10.1. The number of benzene rings is 1. The second-order valence-corrected chi connectivity index (χ2v) is 3.59. The third-order valence-corrected chi connectivity index (χ3v) is 2.62. The number of para-hydroxylation sites is 1. The van der Waals surface area contributed by atoms with E-state index in [1.807, 2.05) is 23.1 Å². The van der Waals surface area contributed by atoms with Crippen LogP contribution in [-0.2, 0) is 11.2 Å². The zero-order valence-electron chi connectivity index (χ0n) is 8.23. The van der Waals surface area contributed by atoms with Crippen LogP contribution in [0.5, 0.6) is 0 Å². The lowest BCUT2D eigenvalue weighted by Crippen LogP contribution is -2.34. The van der Waals surface area contributed by atoms with Crippen LogP contribution in [0.3, 0.4) is 0 Å². The first-order chi connectivity index (χ1) is 6.74. The van der Waals surface area contributed by atoms with Gasteiger partial charge in [0.2, 0.25) is 0 Å². The van der Waals surface area contributed by atoms with Gasteiger partial charge in [-0.25, -0.2) is 0 Å². The maximum absolute atomic E-state index is 11.6. The van der Waals surface area contributed by atoms with Gasteiger partial charge in [0.05, 0.1) is 0 Å². The van der Waals surface area contributed by atoms with Crippen molar-refractivity contribution in [2.24, 2.45) is 0 Å². The Morgan fingerprint density at radius 1 is 1.57 bits per heavy atom. The van der Waals surface area contributed by atoms with Crippen molar-refractivity contribution in [1.29, 1.82) is 0 Å². The van der Waals surface area contributed by atoms with Crippen molar-refractivity contribution >= 4 is 11.6 Å². The molecule has 1 aromatic carbocycles. The number of nitrogens with zero attached hydrogens (tertiary/aromatic N) is 1. The Morgan fingerprint density at radius 3 is 3.00 bits per heavy atom. The third kappa shape index (κ3) is 1.23. The highest BCUT2D eigenvalue weighted by Crippen LogP contribution is 2.31. The molecular formula is C12H13NO. The van der Waals surface area contributed by atoms with Crippen LogP contribution in [0.25, 0.3) is 0 Å². The van der Waals surface area contributed by atoms with Gasteiger partial charge < -0.3 is 4.90 Å². The molecule has 1 aliphatic rings. The van der Waals surface area contributed by atoms with E-state index in [9.17, 15) is 4.79 Å². The molecule has 0 fully saturated rings. The lowest BCUT2D eigenvalue weighted by atomic mass is 10.1. The van der Waals surface area contributed by atoms with E-state index in [4.69, 9.17) is 0 Å². The smallest absolute Gasteiger partial charge is 0.250 e. The van der Waals surface area contributed by atoms with Crippen LogP contribution in [0.4, 0.5) is 5.69 Å². The molecule has 2 heteroatoms. The van der Waals surface area contributed by atoms with Crippen LogP contribution < -0.4 is 4.90 Å². The minimum absolute atomic E-state index is 0.0116. The van der Waals surface area contributed by atoms with E-state index in [0.717, 1.165) is 12.1 Å². The minimum Gasteiger partial charge on any atom is -0.306 e. The second-order valence-electron chi connectivity index (χ2n) is 3.59. The molecule has 2 rings (SSSR count). The molecule has 0 aliphatic carbocycles. The van der Waals surface area contributed by atoms with Crippen molar-refractivity contribution in [2.45, 2.75) is 19.4 Å². The number of hydrogen-bond donors (Lipinski definition) is 0. The molecule has 0 saturated carbocycles. The molecule has 1 aliphatic heterocycles. The summed E-state index contributed by atoms with van der Waals surface area (Å²) in [4.78, 5) is 13.4. The van der Waals surface area contributed by atoms with Gasteiger partial charge in [-0.15, -0.1) is 0 Å². The highest BCUT2D eigenvalue weighted by molar-refractivity contribution is 6.03. The van der Waals surface area contributed by atoms with Gasteiger partial charge in [0.15, 0.2) is 0 Å². The Kier molecular flexibility index (Phi) is 2.12. The van der Waals surface area contributed by atoms with Gasteiger partial charge in [0.1, 0.15) is 0 Å². The van der Waals surface area contributed by atoms with Crippen molar-refractivity contribution in [3.05, 3.63) is 42.5 Å². The molecular weight excluding hydrogens is 174 g/mol. The van der Waals surface area contributed by atoms with Gasteiger partial charge in [-0.1, -0.05) is 24.8 Å². The van der Waals surface area contributed by atoms with Crippen LogP contribution in [0.15, 0.2) is 36.9 Å². The normalized spacial score (nSPS) is 19.2. The number of fused-ring (bicyclic) bond motifs is 1. The van der Waals surface area contributed by atoms with Gasteiger partial charge in [0, 0.05) is 11.7 Å². The predicted molar refractivity (Wildman–Crippen MR) is 57.3 cm³/mol. The summed E-state index contributed by atoms with van der Waals surface area (Å²) in [6, 6.07) is 8.27. The molecule has 0 unspecified atom stereocenters. The molecule has 72 valence electrons. The highest BCUT2D eigenvalue weighted by atomic mass is 16.2. The fraction of sp³-hybridized carbons (Fsp3) is 0.250. The topological polar surface area (TPSA) is 20.3 Å². The first-order valence-corrected chi connectivity index (χ1v) is 4.77. The molecule has 1 amide bonds. The second kappa shape index (κ2) is 3.29. The van der Waals surface area contributed by atoms with E-state index in [2.05, 4.69) is 19.6 Å². The molecule has 1 heterocycles. The van der Waals surface area contributed by atoms with Crippen molar-refractivity contribution in [3.8, 4) is 0 Å². The fourth-order valence-electron chi connectivity index (χ4n) is 2.00. The average molecular weight is 187 g/mol. The molecule has 0 saturated heterocycles. The van der Waals surface area contributed by atoms with Crippen molar-refractivity contribution in [1.82, 2.24) is 0 Å². The lowest BCUT2D eigenvalue weighted by Gasteiger charge is -2.20. The molecule has 0 spiro atoms.